The van der Waals surface area contributed by atoms with Crippen LogP contribution in [0.1, 0.15) is 49.7 Å². The van der Waals surface area contributed by atoms with Gasteiger partial charge in [-0.15, -0.1) is 0 Å². The van der Waals surface area contributed by atoms with E-state index in [4.69, 9.17) is 13.7 Å². The van der Waals surface area contributed by atoms with Crippen LogP contribution in [-0.2, 0) is 11.2 Å². The Balaban J connectivity index is 1.62. The van der Waals surface area contributed by atoms with Gasteiger partial charge in [-0.3, -0.25) is 0 Å². The number of aromatic nitrogens is 2. The molecule has 3 heterocycles. The Morgan fingerprint density at radius 2 is 2.17 bits per heavy atom. The minimum atomic E-state index is 0.0895. The maximum absolute atomic E-state index is 5.49. The Hall–Kier alpha value is -1.66. The first-order valence-electron chi connectivity index (χ1n) is 8.39. The van der Waals surface area contributed by atoms with Crippen LogP contribution in [0.15, 0.2) is 27.3 Å². The molecule has 126 valence electrons. The van der Waals surface area contributed by atoms with E-state index in [0.29, 0.717) is 23.7 Å². The maximum Gasteiger partial charge on any atom is 0.244 e. The van der Waals surface area contributed by atoms with E-state index in [9.17, 15) is 0 Å². The van der Waals surface area contributed by atoms with Crippen LogP contribution in [0, 0.1) is 12.8 Å². The second-order valence-electron chi connectivity index (χ2n) is 6.29. The predicted octanol–water partition coefficient (Wildman–Crippen LogP) is 3.05. The molecule has 0 saturated carbocycles. The summed E-state index contributed by atoms with van der Waals surface area (Å²) < 4.78 is 16.3. The molecular weight excluding hydrogens is 294 g/mol. The maximum atomic E-state index is 5.49. The van der Waals surface area contributed by atoms with Crippen LogP contribution in [0.3, 0.4) is 0 Å². The normalized spacial score (nSPS) is 18.9. The van der Waals surface area contributed by atoms with Crippen molar-refractivity contribution in [3.8, 4) is 0 Å². The fourth-order valence-electron chi connectivity index (χ4n) is 3.10. The number of nitrogens with zero attached hydrogens (tertiary/aromatic N) is 2. The number of furan rings is 1. The van der Waals surface area contributed by atoms with Gasteiger partial charge < -0.3 is 19.0 Å². The molecule has 3 rings (SSSR count). The number of rotatable bonds is 7. The van der Waals surface area contributed by atoms with Crippen molar-refractivity contribution in [2.75, 3.05) is 13.2 Å². The van der Waals surface area contributed by atoms with Gasteiger partial charge in [0.15, 0.2) is 5.82 Å². The van der Waals surface area contributed by atoms with Crippen LogP contribution in [0.4, 0.5) is 0 Å². The summed E-state index contributed by atoms with van der Waals surface area (Å²) in [5, 5.41) is 7.64. The standard InChI is InChI=1S/C17H25N3O3/c1-12(5-6-15-4-3-9-22-15)18-16(14-7-10-21-11-8-14)17-19-13(2)20-23-17/h3-4,9,12,14,16,18H,5-8,10-11H2,1-2H3/t12-,16+/m1/s1. The molecule has 23 heavy (non-hydrogen) atoms. The van der Waals surface area contributed by atoms with E-state index in [2.05, 4.69) is 22.4 Å². The highest BCUT2D eigenvalue weighted by molar-refractivity contribution is 5.00. The molecule has 0 bridgehead atoms. The lowest BCUT2D eigenvalue weighted by atomic mass is 9.90. The van der Waals surface area contributed by atoms with Gasteiger partial charge in [-0.2, -0.15) is 4.98 Å². The molecule has 0 radical (unpaired) electrons. The first-order chi connectivity index (χ1) is 11.2. The lowest BCUT2D eigenvalue weighted by Crippen LogP contribution is -2.37. The van der Waals surface area contributed by atoms with Crippen molar-refractivity contribution < 1.29 is 13.7 Å². The molecule has 1 N–H and O–H groups in total. The third-order valence-electron chi connectivity index (χ3n) is 4.41. The number of aryl methyl sites for hydroxylation is 2. The minimum Gasteiger partial charge on any atom is -0.469 e. The molecule has 1 saturated heterocycles. The molecule has 6 heteroatoms. The SMILES string of the molecule is Cc1noc([C@@H](N[C@H](C)CCc2ccco2)C2CCOCC2)n1. The lowest BCUT2D eigenvalue weighted by Gasteiger charge is -2.30. The van der Waals surface area contributed by atoms with Gasteiger partial charge in [-0.1, -0.05) is 5.16 Å². The van der Waals surface area contributed by atoms with Crippen LogP contribution in [-0.4, -0.2) is 29.4 Å². The number of hydrogen-bond acceptors (Lipinski definition) is 6. The average Bonchev–Trinajstić information content (AvgIpc) is 3.23. The summed E-state index contributed by atoms with van der Waals surface area (Å²) in [5.74, 6) is 2.87. The molecule has 1 aliphatic heterocycles. The van der Waals surface area contributed by atoms with Crippen LogP contribution in [0.5, 0.6) is 0 Å². The summed E-state index contributed by atoms with van der Waals surface area (Å²) in [6, 6.07) is 4.37. The van der Waals surface area contributed by atoms with Gasteiger partial charge in [0.2, 0.25) is 5.89 Å². The predicted molar refractivity (Wildman–Crippen MR) is 84.9 cm³/mol. The van der Waals surface area contributed by atoms with Crippen molar-refractivity contribution in [2.24, 2.45) is 5.92 Å². The van der Waals surface area contributed by atoms with Gasteiger partial charge in [0.25, 0.3) is 0 Å². The van der Waals surface area contributed by atoms with Gasteiger partial charge in [-0.05, 0) is 51.2 Å². The molecule has 0 amide bonds. The molecule has 1 aliphatic rings. The molecule has 6 nitrogen and oxygen atoms in total. The van der Waals surface area contributed by atoms with E-state index in [-0.39, 0.29) is 6.04 Å². The zero-order valence-electron chi connectivity index (χ0n) is 13.8. The molecular formula is C17H25N3O3. The summed E-state index contributed by atoms with van der Waals surface area (Å²) in [7, 11) is 0. The zero-order valence-corrected chi connectivity index (χ0v) is 13.8. The van der Waals surface area contributed by atoms with Crippen LogP contribution in [0.2, 0.25) is 0 Å². The highest BCUT2D eigenvalue weighted by Crippen LogP contribution is 2.30. The van der Waals surface area contributed by atoms with Gasteiger partial charge in [0, 0.05) is 25.7 Å². The van der Waals surface area contributed by atoms with Crippen LogP contribution < -0.4 is 5.32 Å². The highest BCUT2D eigenvalue weighted by Gasteiger charge is 2.30. The molecule has 2 aromatic rings. The topological polar surface area (TPSA) is 73.3 Å². The summed E-state index contributed by atoms with van der Waals surface area (Å²) >= 11 is 0. The van der Waals surface area contributed by atoms with Gasteiger partial charge >= 0.3 is 0 Å². The van der Waals surface area contributed by atoms with Crippen molar-refractivity contribution in [3.05, 3.63) is 35.9 Å². The first-order valence-corrected chi connectivity index (χ1v) is 8.39. The van der Waals surface area contributed by atoms with Gasteiger partial charge in [-0.25, -0.2) is 0 Å². The number of ether oxygens (including phenoxy) is 1. The average molecular weight is 319 g/mol. The summed E-state index contributed by atoms with van der Waals surface area (Å²) in [6.45, 7) is 5.65. The quantitative estimate of drug-likeness (QED) is 0.845. The third-order valence-corrected chi connectivity index (χ3v) is 4.41. The fourth-order valence-corrected chi connectivity index (χ4v) is 3.10. The smallest absolute Gasteiger partial charge is 0.244 e. The number of nitrogens with one attached hydrogen (secondary N) is 1. The molecule has 1 fully saturated rings. The second kappa shape index (κ2) is 7.75. The molecule has 0 aromatic carbocycles. The molecule has 2 atom stereocenters. The zero-order chi connectivity index (χ0) is 16.1. The largest absolute Gasteiger partial charge is 0.469 e. The summed E-state index contributed by atoms with van der Waals surface area (Å²) in [6.07, 6.45) is 5.68. The fraction of sp³-hybridized carbons (Fsp3) is 0.647. The van der Waals surface area contributed by atoms with Crippen molar-refractivity contribution in [2.45, 2.75) is 51.6 Å². The minimum absolute atomic E-state index is 0.0895. The lowest BCUT2D eigenvalue weighted by molar-refractivity contribution is 0.0469. The highest BCUT2D eigenvalue weighted by atomic mass is 16.5. The summed E-state index contributed by atoms with van der Waals surface area (Å²) in [5.41, 5.74) is 0. The van der Waals surface area contributed by atoms with E-state index in [0.717, 1.165) is 44.7 Å². The molecule has 0 spiro atoms. The van der Waals surface area contributed by atoms with Crippen LogP contribution in [0.25, 0.3) is 0 Å². The third kappa shape index (κ3) is 4.42. The monoisotopic (exact) mass is 319 g/mol. The Morgan fingerprint density at radius 1 is 1.35 bits per heavy atom. The van der Waals surface area contributed by atoms with E-state index >= 15 is 0 Å². The first kappa shape index (κ1) is 16.2. The Bertz CT molecular complexity index is 576. The van der Waals surface area contributed by atoms with Gasteiger partial charge in [0.1, 0.15) is 5.76 Å². The molecule has 0 aliphatic carbocycles. The Labute approximate surface area is 136 Å². The van der Waals surface area contributed by atoms with E-state index in [1.165, 1.54) is 0 Å². The molecule has 0 unspecified atom stereocenters. The van der Waals surface area contributed by atoms with Crippen molar-refractivity contribution >= 4 is 0 Å². The van der Waals surface area contributed by atoms with Crippen LogP contribution >= 0.6 is 0 Å². The Morgan fingerprint density at radius 3 is 2.83 bits per heavy atom. The van der Waals surface area contributed by atoms with Gasteiger partial charge in [0.05, 0.1) is 12.3 Å². The Kier molecular flexibility index (Phi) is 5.46. The van der Waals surface area contributed by atoms with E-state index in [1.807, 2.05) is 19.1 Å². The van der Waals surface area contributed by atoms with Crippen molar-refractivity contribution in [3.63, 3.8) is 0 Å². The number of hydrogen-bond donors (Lipinski definition) is 1. The van der Waals surface area contributed by atoms with E-state index in [1.54, 1.807) is 6.26 Å². The summed E-state index contributed by atoms with van der Waals surface area (Å²) in [4.78, 5) is 4.45. The van der Waals surface area contributed by atoms with Crippen molar-refractivity contribution in [1.82, 2.24) is 15.5 Å². The second-order valence-corrected chi connectivity index (χ2v) is 6.29. The molecule has 2 aromatic heterocycles. The van der Waals surface area contributed by atoms with E-state index < -0.39 is 0 Å². The van der Waals surface area contributed by atoms with Crippen molar-refractivity contribution in [1.29, 1.82) is 0 Å².